The molecule has 0 aliphatic heterocycles. The van der Waals surface area contributed by atoms with Crippen LogP contribution < -0.4 is 10.6 Å². The molecule has 0 rings (SSSR count). The molecule has 0 aliphatic rings. The molecule has 4 nitrogen and oxygen atoms in total. The van der Waals surface area contributed by atoms with Crippen LogP contribution in [0.4, 0.5) is 0 Å². The van der Waals surface area contributed by atoms with E-state index in [4.69, 9.17) is 0 Å². The van der Waals surface area contributed by atoms with Crippen LogP contribution in [0, 0.1) is 0 Å². The van der Waals surface area contributed by atoms with Gasteiger partial charge in [0.05, 0.1) is 22.9 Å². The molecule has 0 radical (unpaired) electrons. The molecule has 0 saturated heterocycles. The minimum Gasteiger partial charge on any atom is -0.359 e. The molecule has 9 heavy (non-hydrogen) atoms. The van der Waals surface area contributed by atoms with Crippen molar-refractivity contribution in [2.24, 2.45) is 8.20 Å². The Bertz CT molecular complexity index is 120. The Balaban J connectivity index is 3.58. The Kier molecular flexibility index (Phi) is 5.59. The van der Waals surface area contributed by atoms with Crippen LogP contribution in [0.15, 0.2) is 8.20 Å². The first-order valence-corrected chi connectivity index (χ1v) is 3.35. The monoisotopic (exact) mass is 240 g/mol. The van der Waals surface area contributed by atoms with E-state index in [2.05, 4.69) is 18.8 Å². The largest absolute Gasteiger partial charge is 0.359 e. The van der Waals surface area contributed by atoms with Crippen molar-refractivity contribution in [3.63, 3.8) is 0 Å². The van der Waals surface area contributed by atoms with E-state index in [1.165, 1.54) is 0 Å². The van der Waals surface area contributed by atoms with Crippen LogP contribution >= 0.6 is 22.9 Å². The lowest BCUT2D eigenvalue weighted by molar-refractivity contribution is 1.08. The van der Waals surface area contributed by atoms with Gasteiger partial charge in [-0.1, -0.05) is 0 Å². The average Bonchev–Trinajstić information content (AvgIpc) is 1.91. The van der Waals surface area contributed by atoms with Crippen LogP contribution in [-0.2, 0) is 0 Å². The number of nitrogens with one attached hydrogen (secondary N) is 2. The first kappa shape index (κ1) is 8.67. The molecule has 5 heteroatoms. The van der Waals surface area contributed by atoms with Crippen molar-refractivity contribution >= 4 is 35.2 Å². The van der Waals surface area contributed by atoms with Gasteiger partial charge in [-0.3, -0.25) is 4.99 Å². The second kappa shape index (κ2) is 5.80. The van der Waals surface area contributed by atoms with Gasteiger partial charge in [0.2, 0.25) is 0 Å². The highest BCUT2D eigenvalue weighted by Gasteiger charge is 1.84. The summed E-state index contributed by atoms with van der Waals surface area (Å²) >= 11 is 1.88. The molecule has 0 aliphatic carbocycles. The number of rotatable bonds is 1. The number of guanidine groups is 1. The van der Waals surface area contributed by atoms with Gasteiger partial charge in [-0.05, 0) is 0 Å². The van der Waals surface area contributed by atoms with Crippen molar-refractivity contribution in [3.05, 3.63) is 0 Å². The van der Waals surface area contributed by atoms with Gasteiger partial charge in [-0.15, -0.1) is 0 Å². The van der Waals surface area contributed by atoms with Crippen LogP contribution in [0.2, 0.25) is 0 Å². The second-order valence-electron chi connectivity index (χ2n) is 1.19. The Morgan fingerprint density at radius 2 is 2.33 bits per heavy atom. The van der Waals surface area contributed by atoms with E-state index in [1.807, 2.05) is 22.9 Å². The topological polar surface area (TPSA) is 48.8 Å². The van der Waals surface area contributed by atoms with Gasteiger partial charge in [0.25, 0.3) is 0 Å². The van der Waals surface area contributed by atoms with Crippen molar-refractivity contribution in [1.29, 1.82) is 0 Å². The van der Waals surface area contributed by atoms with E-state index in [0.29, 0.717) is 5.96 Å². The fraction of sp³-hybridized carbons (Fsp3) is 0.500. The summed E-state index contributed by atoms with van der Waals surface area (Å²) in [6.45, 7) is 0. The summed E-state index contributed by atoms with van der Waals surface area (Å²) in [5, 5.41) is 5.64. The number of nitrogens with zero attached hydrogens (tertiary/aromatic N) is 2. The highest BCUT2D eigenvalue weighted by atomic mass is 127. The van der Waals surface area contributed by atoms with E-state index >= 15 is 0 Å². The Morgan fingerprint density at radius 1 is 1.67 bits per heavy atom. The van der Waals surface area contributed by atoms with Crippen LogP contribution in [0.25, 0.3) is 0 Å². The molecule has 0 bridgehead atoms. The predicted octanol–water partition coefficient (Wildman–Crippen LogP) is 0.159. The van der Waals surface area contributed by atoms with E-state index in [-0.39, 0.29) is 0 Å². The zero-order chi connectivity index (χ0) is 7.11. The van der Waals surface area contributed by atoms with Crippen molar-refractivity contribution in [1.82, 2.24) is 10.6 Å². The smallest absolute Gasteiger partial charge is 0.195 e. The SMILES string of the molecule is CN=C(NC)NC=NI. The molecular formula is C4H9IN4. The molecule has 0 aromatic carbocycles. The minimum atomic E-state index is 0.704. The maximum atomic E-state index is 3.84. The summed E-state index contributed by atoms with van der Waals surface area (Å²) in [4.78, 5) is 3.84. The standard InChI is InChI=1S/C4H9IN4/c1-6-4(7-2)8-3-9-5/h3H,1-2H3,(H2,6,7,8,9). The third-order valence-electron chi connectivity index (χ3n) is 0.710. The fourth-order valence-corrected chi connectivity index (χ4v) is 0.473. The van der Waals surface area contributed by atoms with Gasteiger partial charge in [0, 0.05) is 14.1 Å². The van der Waals surface area contributed by atoms with E-state index in [0.717, 1.165) is 0 Å². The zero-order valence-electron chi connectivity index (χ0n) is 5.35. The summed E-state index contributed by atoms with van der Waals surface area (Å²) in [7, 11) is 3.48. The van der Waals surface area contributed by atoms with Gasteiger partial charge < -0.3 is 10.6 Å². The molecule has 52 valence electrons. The normalized spacial score (nSPS) is 12.1. The molecule has 0 atom stereocenters. The van der Waals surface area contributed by atoms with Crippen molar-refractivity contribution in [2.45, 2.75) is 0 Å². The summed E-state index contributed by atoms with van der Waals surface area (Å²) in [5.74, 6) is 0.704. The third kappa shape index (κ3) is 4.19. The number of aliphatic imine (C=N–C) groups is 1. The number of hydrogen-bond acceptors (Lipinski definition) is 2. The van der Waals surface area contributed by atoms with Crippen molar-refractivity contribution in [2.75, 3.05) is 14.1 Å². The lowest BCUT2D eigenvalue weighted by Crippen LogP contribution is -2.33. The van der Waals surface area contributed by atoms with E-state index in [9.17, 15) is 0 Å². The van der Waals surface area contributed by atoms with Crippen molar-refractivity contribution < 1.29 is 0 Å². The molecule has 0 aromatic rings. The Morgan fingerprint density at radius 3 is 2.67 bits per heavy atom. The van der Waals surface area contributed by atoms with Crippen LogP contribution in [0.3, 0.4) is 0 Å². The van der Waals surface area contributed by atoms with Gasteiger partial charge >= 0.3 is 0 Å². The second-order valence-corrected chi connectivity index (χ2v) is 1.75. The first-order valence-electron chi connectivity index (χ1n) is 2.39. The predicted molar refractivity (Wildman–Crippen MR) is 48.1 cm³/mol. The summed E-state index contributed by atoms with van der Waals surface area (Å²) < 4.78 is 3.68. The number of hydrogen-bond donors (Lipinski definition) is 2. The molecular weight excluding hydrogens is 231 g/mol. The highest BCUT2D eigenvalue weighted by molar-refractivity contribution is 14.1. The molecule has 0 unspecified atom stereocenters. The minimum absolute atomic E-state index is 0.704. The van der Waals surface area contributed by atoms with Crippen molar-refractivity contribution in [3.8, 4) is 0 Å². The molecule has 0 fully saturated rings. The van der Waals surface area contributed by atoms with E-state index < -0.39 is 0 Å². The molecule has 0 saturated carbocycles. The van der Waals surface area contributed by atoms with Gasteiger partial charge in [0.15, 0.2) is 5.96 Å². The lowest BCUT2D eigenvalue weighted by atomic mass is 10.9. The van der Waals surface area contributed by atoms with E-state index in [1.54, 1.807) is 20.4 Å². The fourth-order valence-electron chi connectivity index (χ4n) is 0.334. The summed E-state index contributed by atoms with van der Waals surface area (Å²) in [6.07, 6.45) is 1.55. The maximum absolute atomic E-state index is 3.84. The number of halogens is 1. The lowest BCUT2D eigenvalue weighted by Gasteiger charge is -2.00. The van der Waals surface area contributed by atoms with Crippen LogP contribution in [-0.4, -0.2) is 26.4 Å². The van der Waals surface area contributed by atoms with Crippen LogP contribution in [0.5, 0.6) is 0 Å². The third-order valence-corrected chi connectivity index (χ3v) is 0.989. The molecule has 0 spiro atoms. The molecule has 0 amide bonds. The van der Waals surface area contributed by atoms with Gasteiger partial charge in [0.1, 0.15) is 6.34 Å². The summed E-state index contributed by atoms with van der Waals surface area (Å²) in [5.41, 5.74) is 0. The molecule has 0 aromatic heterocycles. The van der Waals surface area contributed by atoms with Crippen LogP contribution in [0.1, 0.15) is 0 Å². The first-order chi connectivity index (χ1) is 4.35. The van der Waals surface area contributed by atoms with Gasteiger partial charge in [-0.25, -0.2) is 3.21 Å². The highest BCUT2D eigenvalue weighted by Crippen LogP contribution is 1.74. The Hall–Kier alpha value is -0.330. The quantitative estimate of drug-likeness (QED) is 0.389. The maximum Gasteiger partial charge on any atom is 0.195 e. The molecule has 2 N–H and O–H groups in total. The molecule has 0 heterocycles. The summed E-state index contributed by atoms with van der Waals surface area (Å²) in [6, 6.07) is 0. The van der Waals surface area contributed by atoms with Gasteiger partial charge in [-0.2, -0.15) is 0 Å². The zero-order valence-corrected chi connectivity index (χ0v) is 7.51. The average molecular weight is 240 g/mol. The Labute approximate surface area is 68.3 Å².